The van der Waals surface area contributed by atoms with Gasteiger partial charge in [-0.05, 0) is 6.92 Å². The monoisotopic (exact) mass is 284 g/mol. The van der Waals surface area contributed by atoms with E-state index in [0.717, 1.165) is 0 Å². The summed E-state index contributed by atoms with van der Waals surface area (Å²) in [4.78, 5) is 36.2. The molecule has 1 saturated heterocycles. The lowest BCUT2D eigenvalue weighted by molar-refractivity contribution is -0.150. The van der Waals surface area contributed by atoms with Crippen molar-refractivity contribution in [2.45, 2.75) is 38.7 Å². The van der Waals surface area contributed by atoms with Gasteiger partial charge in [-0.2, -0.15) is 0 Å². The minimum absolute atomic E-state index is 0.232. The second kappa shape index (κ2) is 5.59. The van der Waals surface area contributed by atoms with Crippen molar-refractivity contribution in [2.24, 2.45) is 0 Å². The van der Waals surface area contributed by atoms with Crippen molar-refractivity contribution in [1.82, 2.24) is 9.55 Å². The number of hydrogen-bond acceptors (Lipinski definition) is 6. The Morgan fingerprint density at radius 2 is 2.30 bits per heavy atom. The van der Waals surface area contributed by atoms with E-state index in [9.17, 15) is 19.5 Å². The molecule has 0 bridgehead atoms. The standard InChI is InChI=1S/C12H16N2O6/c1-6-4-14(12(18)13-11(6)17)10-3-8(19-7(2)16)9(5-15)20-10/h4,8-10,15H,3,5H2,1-2H3,(H,13,17,18)/t8-,9-,10+/m0/s1. The molecule has 0 saturated carbocycles. The Morgan fingerprint density at radius 1 is 1.60 bits per heavy atom. The molecule has 1 aromatic rings. The van der Waals surface area contributed by atoms with E-state index < -0.39 is 35.7 Å². The smallest absolute Gasteiger partial charge is 0.330 e. The number of carbonyl (C=O) groups excluding carboxylic acids is 1. The maximum absolute atomic E-state index is 11.8. The summed E-state index contributed by atoms with van der Waals surface area (Å²) in [6.07, 6.45) is -0.392. The number of nitrogens with one attached hydrogen (secondary N) is 1. The third kappa shape index (κ3) is 2.81. The summed E-state index contributed by atoms with van der Waals surface area (Å²) >= 11 is 0. The van der Waals surface area contributed by atoms with Crippen LogP contribution in [0.25, 0.3) is 0 Å². The maximum atomic E-state index is 11.8. The predicted octanol–water partition coefficient (Wildman–Crippen LogP) is -0.943. The number of aromatic nitrogens is 2. The molecule has 110 valence electrons. The first-order chi connectivity index (χ1) is 9.42. The van der Waals surface area contributed by atoms with E-state index in [1.807, 2.05) is 0 Å². The molecule has 2 N–H and O–H groups in total. The molecule has 1 aliphatic heterocycles. The highest BCUT2D eigenvalue weighted by Gasteiger charge is 2.38. The summed E-state index contributed by atoms with van der Waals surface area (Å²) in [5.41, 5.74) is -0.699. The van der Waals surface area contributed by atoms with Crippen LogP contribution >= 0.6 is 0 Å². The number of aromatic amines is 1. The summed E-state index contributed by atoms with van der Waals surface area (Å²) in [5.74, 6) is -0.484. The van der Waals surface area contributed by atoms with Crippen LogP contribution in [0.2, 0.25) is 0 Å². The van der Waals surface area contributed by atoms with Gasteiger partial charge in [0.25, 0.3) is 5.56 Å². The van der Waals surface area contributed by atoms with Gasteiger partial charge in [0.1, 0.15) is 18.4 Å². The maximum Gasteiger partial charge on any atom is 0.330 e. The van der Waals surface area contributed by atoms with Gasteiger partial charge in [-0.3, -0.25) is 19.1 Å². The summed E-state index contributed by atoms with van der Waals surface area (Å²) in [6.45, 7) is 2.50. The number of nitrogens with zero attached hydrogens (tertiary/aromatic N) is 1. The Hall–Kier alpha value is -1.93. The number of carbonyl (C=O) groups is 1. The van der Waals surface area contributed by atoms with Gasteiger partial charge in [-0.25, -0.2) is 4.79 Å². The van der Waals surface area contributed by atoms with Crippen molar-refractivity contribution in [3.05, 3.63) is 32.6 Å². The second-order valence-corrected chi connectivity index (χ2v) is 4.67. The van der Waals surface area contributed by atoms with Crippen LogP contribution in [0.4, 0.5) is 0 Å². The molecule has 1 fully saturated rings. The van der Waals surface area contributed by atoms with Gasteiger partial charge in [0.15, 0.2) is 0 Å². The van der Waals surface area contributed by atoms with Crippen LogP contribution in [-0.4, -0.2) is 39.4 Å². The van der Waals surface area contributed by atoms with E-state index in [4.69, 9.17) is 9.47 Å². The summed E-state index contributed by atoms with van der Waals surface area (Å²) in [7, 11) is 0. The second-order valence-electron chi connectivity index (χ2n) is 4.67. The van der Waals surface area contributed by atoms with Gasteiger partial charge < -0.3 is 14.6 Å². The molecule has 0 unspecified atom stereocenters. The SMILES string of the molecule is CC(=O)O[C@H]1C[C@H](n2cc(C)c(=O)[nH]c2=O)O[C@H]1CO. The van der Waals surface area contributed by atoms with E-state index >= 15 is 0 Å². The fourth-order valence-electron chi connectivity index (χ4n) is 2.17. The molecule has 2 heterocycles. The molecule has 0 amide bonds. The first-order valence-corrected chi connectivity index (χ1v) is 6.18. The molecular weight excluding hydrogens is 268 g/mol. The number of ether oxygens (including phenoxy) is 2. The van der Waals surface area contributed by atoms with Crippen molar-refractivity contribution < 1.29 is 19.4 Å². The third-order valence-electron chi connectivity index (χ3n) is 3.13. The lowest BCUT2D eigenvalue weighted by atomic mass is 10.2. The van der Waals surface area contributed by atoms with Gasteiger partial charge in [-0.1, -0.05) is 0 Å². The van der Waals surface area contributed by atoms with Gasteiger partial charge in [0.05, 0.1) is 6.61 Å². The van der Waals surface area contributed by atoms with E-state index in [1.54, 1.807) is 6.92 Å². The van der Waals surface area contributed by atoms with Crippen LogP contribution in [0.3, 0.4) is 0 Å². The van der Waals surface area contributed by atoms with Crippen LogP contribution in [0.1, 0.15) is 25.1 Å². The quantitative estimate of drug-likeness (QED) is 0.693. The highest BCUT2D eigenvalue weighted by Crippen LogP contribution is 2.29. The van der Waals surface area contributed by atoms with E-state index in [0.29, 0.717) is 5.56 Å². The lowest BCUT2D eigenvalue weighted by Gasteiger charge is -2.15. The number of esters is 1. The zero-order valence-electron chi connectivity index (χ0n) is 11.2. The molecule has 8 heteroatoms. The van der Waals surface area contributed by atoms with Gasteiger partial charge in [-0.15, -0.1) is 0 Å². The molecular formula is C12H16N2O6. The van der Waals surface area contributed by atoms with Crippen LogP contribution in [0, 0.1) is 6.92 Å². The van der Waals surface area contributed by atoms with Crippen LogP contribution < -0.4 is 11.2 Å². The first-order valence-electron chi connectivity index (χ1n) is 6.18. The summed E-state index contributed by atoms with van der Waals surface area (Å²) in [6, 6.07) is 0. The third-order valence-corrected chi connectivity index (χ3v) is 3.13. The van der Waals surface area contributed by atoms with Crippen molar-refractivity contribution in [3.63, 3.8) is 0 Å². The number of aliphatic hydroxyl groups is 1. The first kappa shape index (κ1) is 14.5. The molecule has 1 aromatic heterocycles. The number of aliphatic hydroxyl groups excluding tert-OH is 1. The Bertz CT molecular complexity index is 619. The fourth-order valence-corrected chi connectivity index (χ4v) is 2.17. The number of H-pyrrole nitrogens is 1. The molecule has 0 radical (unpaired) electrons. The van der Waals surface area contributed by atoms with Crippen molar-refractivity contribution in [2.75, 3.05) is 6.61 Å². The molecule has 20 heavy (non-hydrogen) atoms. The van der Waals surface area contributed by atoms with Gasteiger partial charge in [0.2, 0.25) is 0 Å². The summed E-state index contributed by atoms with van der Waals surface area (Å²) in [5, 5.41) is 9.22. The zero-order valence-corrected chi connectivity index (χ0v) is 11.2. The Labute approximate surface area is 114 Å². The Balaban J connectivity index is 2.27. The van der Waals surface area contributed by atoms with Crippen molar-refractivity contribution >= 4 is 5.97 Å². The van der Waals surface area contributed by atoms with E-state index in [2.05, 4.69) is 4.98 Å². The molecule has 0 aromatic carbocycles. The van der Waals surface area contributed by atoms with Crippen LogP contribution in [0.5, 0.6) is 0 Å². The number of hydrogen-bond donors (Lipinski definition) is 2. The lowest BCUT2D eigenvalue weighted by Crippen LogP contribution is -2.33. The van der Waals surface area contributed by atoms with Crippen LogP contribution in [-0.2, 0) is 14.3 Å². The fraction of sp³-hybridized carbons (Fsp3) is 0.583. The minimum Gasteiger partial charge on any atom is -0.460 e. The number of rotatable bonds is 3. The molecule has 8 nitrogen and oxygen atoms in total. The molecule has 0 spiro atoms. The van der Waals surface area contributed by atoms with Crippen molar-refractivity contribution in [3.8, 4) is 0 Å². The normalized spacial score (nSPS) is 25.6. The average Bonchev–Trinajstić information content (AvgIpc) is 2.75. The minimum atomic E-state index is -0.695. The molecule has 3 atom stereocenters. The molecule has 0 aliphatic carbocycles. The Morgan fingerprint density at radius 3 is 2.90 bits per heavy atom. The highest BCUT2D eigenvalue weighted by molar-refractivity contribution is 5.66. The van der Waals surface area contributed by atoms with E-state index in [-0.39, 0.29) is 13.0 Å². The van der Waals surface area contributed by atoms with Crippen molar-refractivity contribution in [1.29, 1.82) is 0 Å². The Kier molecular flexibility index (Phi) is 4.05. The van der Waals surface area contributed by atoms with Gasteiger partial charge in [0, 0.05) is 25.1 Å². The van der Waals surface area contributed by atoms with E-state index in [1.165, 1.54) is 17.7 Å². The predicted molar refractivity (Wildman–Crippen MR) is 67.2 cm³/mol. The summed E-state index contributed by atoms with van der Waals surface area (Å²) < 4.78 is 11.8. The highest BCUT2D eigenvalue weighted by atomic mass is 16.6. The topological polar surface area (TPSA) is 111 Å². The number of aryl methyl sites for hydroxylation is 1. The van der Waals surface area contributed by atoms with Crippen LogP contribution in [0.15, 0.2) is 15.8 Å². The molecule has 1 aliphatic rings. The largest absolute Gasteiger partial charge is 0.460 e. The average molecular weight is 284 g/mol. The molecule has 2 rings (SSSR count). The van der Waals surface area contributed by atoms with Gasteiger partial charge >= 0.3 is 11.7 Å². The zero-order chi connectivity index (χ0) is 14.9.